The Kier molecular flexibility index (Phi) is 4.07. The normalized spacial score (nSPS) is 14.1. The van der Waals surface area contributed by atoms with E-state index in [9.17, 15) is 0 Å². The average molecular weight is 267 g/mol. The van der Waals surface area contributed by atoms with Crippen molar-refractivity contribution in [1.82, 2.24) is 15.3 Å². The highest BCUT2D eigenvalue weighted by molar-refractivity contribution is 5.30. The Balaban J connectivity index is 1.93. The van der Waals surface area contributed by atoms with Gasteiger partial charge < -0.3 is 5.32 Å². The van der Waals surface area contributed by atoms with Gasteiger partial charge in [0, 0.05) is 18.7 Å². The van der Waals surface area contributed by atoms with Crippen LogP contribution in [-0.4, -0.2) is 16.5 Å². The second-order valence-electron chi connectivity index (χ2n) is 5.35. The molecule has 1 aliphatic rings. The van der Waals surface area contributed by atoms with Gasteiger partial charge in [0.15, 0.2) is 0 Å². The van der Waals surface area contributed by atoms with Crippen LogP contribution in [0.15, 0.2) is 30.3 Å². The van der Waals surface area contributed by atoms with Crippen LogP contribution in [0.2, 0.25) is 0 Å². The van der Waals surface area contributed by atoms with Gasteiger partial charge in [-0.25, -0.2) is 9.97 Å². The molecule has 20 heavy (non-hydrogen) atoms. The third-order valence-electron chi connectivity index (χ3n) is 3.76. The number of aryl methyl sites for hydroxylation is 1. The van der Waals surface area contributed by atoms with Crippen LogP contribution in [0.5, 0.6) is 0 Å². The number of rotatable bonds is 4. The van der Waals surface area contributed by atoms with Crippen molar-refractivity contribution in [3.8, 4) is 0 Å². The van der Waals surface area contributed by atoms with E-state index >= 15 is 0 Å². The Morgan fingerprint density at radius 2 is 2.00 bits per heavy atom. The summed E-state index contributed by atoms with van der Waals surface area (Å²) in [5.74, 6) is 0.960. The molecule has 2 aromatic rings. The van der Waals surface area contributed by atoms with Crippen LogP contribution in [0.25, 0.3) is 0 Å². The van der Waals surface area contributed by atoms with Crippen LogP contribution in [0.3, 0.4) is 0 Å². The van der Waals surface area contributed by atoms with Crippen molar-refractivity contribution < 1.29 is 0 Å². The lowest BCUT2D eigenvalue weighted by atomic mass is 10.0. The minimum atomic E-state index is 0.824. The summed E-state index contributed by atoms with van der Waals surface area (Å²) in [4.78, 5) is 9.61. The molecule has 2 heterocycles. The van der Waals surface area contributed by atoms with Crippen LogP contribution in [0.1, 0.15) is 41.7 Å². The summed E-state index contributed by atoms with van der Waals surface area (Å²) in [5.41, 5.74) is 5.15. The van der Waals surface area contributed by atoms with Gasteiger partial charge >= 0.3 is 0 Å². The fraction of sp³-hybridized carbons (Fsp3) is 0.412. The van der Waals surface area contributed by atoms with Crippen molar-refractivity contribution >= 4 is 0 Å². The molecule has 1 aliphatic heterocycles. The quantitative estimate of drug-likeness (QED) is 0.925. The van der Waals surface area contributed by atoms with Crippen LogP contribution in [-0.2, 0) is 25.8 Å². The molecule has 0 unspecified atom stereocenters. The highest BCUT2D eigenvalue weighted by Gasteiger charge is 2.16. The van der Waals surface area contributed by atoms with Gasteiger partial charge in [-0.2, -0.15) is 0 Å². The molecule has 3 heteroatoms. The van der Waals surface area contributed by atoms with Crippen molar-refractivity contribution in [1.29, 1.82) is 0 Å². The van der Waals surface area contributed by atoms with E-state index in [-0.39, 0.29) is 0 Å². The number of nitrogens with one attached hydrogen (secondary N) is 1. The Hall–Kier alpha value is -1.74. The second kappa shape index (κ2) is 6.14. The fourth-order valence-corrected chi connectivity index (χ4v) is 2.79. The minimum Gasteiger partial charge on any atom is -0.311 e. The zero-order valence-corrected chi connectivity index (χ0v) is 12.0. The standard InChI is InChI=1S/C17H21N3/c1-2-6-15-14-9-10-18-12-16(14)20-17(19-15)11-13-7-4-3-5-8-13/h3-5,7-8,18H,2,6,9-12H2,1H3. The molecule has 1 aromatic carbocycles. The van der Waals surface area contributed by atoms with E-state index in [4.69, 9.17) is 9.97 Å². The molecule has 0 radical (unpaired) electrons. The first-order valence-electron chi connectivity index (χ1n) is 7.49. The number of aromatic nitrogens is 2. The van der Waals surface area contributed by atoms with Crippen molar-refractivity contribution in [3.63, 3.8) is 0 Å². The van der Waals surface area contributed by atoms with Gasteiger partial charge in [0.1, 0.15) is 5.82 Å². The summed E-state index contributed by atoms with van der Waals surface area (Å²) in [5, 5.41) is 3.41. The van der Waals surface area contributed by atoms with E-state index in [1.165, 1.54) is 22.5 Å². The molecule has 0 bridgehead atoms. The number of fused-ring (bicyclic) bond motifs is 1. The first kappa shape index (κ1) is 13.3. The van der Waals surface area contributed by atoms with E-state index < -0.39 is 0 Å². The molecule has 0 spiro atoms. The molecule has 0 saturated heterocycles. The van der Waals surface area contributed by atoms with Crippen LogP contribution in [0, 0.1) is 0 Å². The lowest BCUT2D eigenvalue weighted by Gasteiger charge is -2.20. The predicted molar refractivity (Wildman–Crippen MR) is 80.7 cm³/mol. The van der Waals surface area contributed by atoms with Gasteiger partial charge in [0.05, 0.1) is 5.69 Å². The topological polar surface area (TPSA) is 37.8 Å². The van der Waals surface area contributed by atoms with Gasteiger partial charge in [-0.1, -0.05) is 43.7 Å². The molecule has 3 nitrogen and oxygen atoms in total. The summed E-state index contributed by atoms with van der Waals surface area (Å²) in [6, 6.07) is 10.5. The SMILES string of the molecule is CCCc1nc(Cc2ccccc2)nc2c1CCNC2. The third-order valence-corrected chi connectivity index (χ3v) is 3.76. The van der Waals surface area contributed by atoms with E-state index in [0.29, 0.717) is 0 Å². The first-order valence-corrected chi connectivity index (χ1v) is 7.49. The van der Waals surface area contributed by atoms with E-state index in [2.05, 4.69) is 36.5 Å². The smallest absolute Gasteiger partial charge is 0.133 e. The molecule has 0 atom stereocenters. The first-order chi connectivity index (χ1) is 9.86. The lowest BCUT2D eigenvalue weighted by Crippen LogP contribution is -2.27. The maximum absolute atomic E-state index is 4.83. The molecule has 1 N–H and O–H groups in total. The summed E-state index contributed by atoms with van der Waals surface area (Å²) in [6.45, 7) is 4.15. The summed E-state index contributed by atoms with van der Waals surface area (Å²) in [7, 11) is 0. The van der Waals surface area contributed by atoms with E-state index in [1.54, 1.807) is 0 Å². The molecular formula is C17H21N3. The Labute approximate surface area is 120 Å². The zero-order valence-electron chi connectivity index (χ0n) is 12.0. The Morgan fingerprint density at radius 3 is 2.80 bits per heavy atom. The van der Waals surface area contributed by atoms with Gasteiger partial charge in [0.2, 0.25) is 0 Å². The van der Waals surface area contributed by atoms with Crippen LogP contribution < -0.4 is 5.32 Å². The van der Waals surface area contributed by atoms with Gasteiger partial charge in [-0.15, -0.1) is 0 Å². The molecule has 0 fully saturated rings. The lowest BCUT2D eigenvalue weighted by molar-refractivity contribution is 0.607. The maximum Gasteiger partial charge on any atom is 0.133 e. The predicted octanol–water partition coefficient (Wildman–Crippen LogP) is 2.67. The highest BCUT2D eigenvalue weighted by atomic mass is 15.0. The van der Waals surface area contributed by atoms with Gasteiger partial charge in [-0.3, -0.25) is 0 Å². The van der Waals surface area contributed by atoms with Crippen molar-refractivity contribution in [3.05, 3.63) is 58.7 Å². The maximum atomic E-state index is 4.83. The monoisotopic (exact) mass is 267 g/mol. The number of hydrogen-bond acceptors (Lipinski definition) is 3. The van der Waals surface area contributed by atoms with E-state index in [1.807, 2.05) is 6.07 Å². The summed E-state index contributed by atoms with van der Waals surface area (Å²) >= 11 is 0. The Morgan fingerprint density at radius 1 is 1.15 bits per heavy atom. The molecule has 3 rings (SSSR count). The van der Waals surface area contributed by atoms with Crippen molar-refractivity contribution in [2.45, 2.75) is 39.2 Å². The number of benzene rings is 1. The van der Waals surface area contributed by atoms with Crippen molar-refractivity contribution in [2.24, 2.45) is 0 Å². The van der Waals surface area contributed by atoms with Gasteiger partial charge in [-0.05, 0) is 30.5 Å². The van der Waals surface area contributed by atoms with E-state index in [0.717, 1.165) is 44.6 Å². The number of hydrogen-bond donors (Lipinski definition) is 1. The largest absolute Gasteiger partial charge is 0.311 e. The second-order valence-corrected chi connectivity index (χ2v) is 5.35. The zero-order chi connectivity index (χ0) is 13.8. The molecular weight excluding hydrogens is 246 g/mol. The molecule has 1 aromatic heterocycles. The summed E-state index contributed by atoms with van der Waals surface area (Å²) in [6.07, 6.45) is 4.09. The molecule has 0 amide bonds. The Bertz CT molecular complexity index is 578. The highest BCUT2D eigenvalue weighted by Crippen LogP contribution is 2.18. The number of nitrogens with zero attached hydrogens (tertiary/aromatic N) is 2. The molecule has 104 valence electrons. The fourth-order valence-electron chi connectivity index (χ4n) is 2.79. The average Bonchev–Trinajstić information content (AvgIpc) is 2.49. The van der Waals surface area contributed by atoms with Crippen LogP contribution in [0.4, 0.5) is 0 Å². The third kappa shape index (κ3) is 2.88. The van der Waals surface area contributed by atoms with Gasteiger partial charge in [0.25, 0.3) is 0 Å². The minimum absolute atomic E-state index is 0.824. The van der Waals surface area contributed by atoms with Crippen LogP contribution >= 0.6 is 0 Å². The molecule has 0 aliphatic carbocycles. The molecule has 0 saturated carbocycles. The van der Waals surface area contributed by atoms with Crippen molar-refractivity contribution in [2.75, 3.05) is 6.54 Å². The summed E-state index contributed by atoms with van der Waals surface area (Å²) < 4.78 is 0.